The number of ketones is 1. The molecule has 0 unspecified atom stereocenters. The fraction of sp³-hybridized carbons (Fsp3) is 0.333. The van der Waals surface area contributed by atoms with Crippen molar-refractivity contribution in [3.05, 3.63) is 69.2 Å². The van der Waals surface area contributed by atoms with Crippen molar-refractivity contribution in [2.75, 3.05) is 6.61 Å². The van der Waals surface area contributed by atoms with Crippen molar-refractivity contribution >= 4 is 23.3 Å². The van der Waals surface area contributed by atoms with Crippen LogP contribution >= 0.6 is 11.5 Å². The maximum atomic E-state index is 13.0. The molecule has 0 aliphatic carbocycles. The summed E-state index contributed by atoms with van der Waals surface area (Å²) in [6.45, 7) is 6.01. The molecular formula is C21H22FN3O3S. The van der Waals surface area contributed by atoms with Gasteiger partial charge in [0.1, 0.15) is 5.82 Å². The van der Waals surface area contributed by atoms with E-state index in [-0.39, 0.29) is 18.2 Å². The number of Topliss-reactive ketones (excluding diaryl/α,β-unsaturated/α-hetero) is 1. The van der Waals surface area contributed by atoms with Gasteiger partial charge in [0, 0.05) is 23.5 Å². The molecule has 152 valence electrons. The number of carbonyl (C=O) groups excluding carboxylic acids is 2. The minimum absolute atomic E-state index is 0.255. The summed E-state index contributed by atoms with van der Waals surface area (Å²) in [5.41, 5.74) is 3.89. The van der Waals surface area contributed by atoms with Gasteiger partial charge >= 0.3 is 5.97 Å². The van der Waals surface area contributed by atoms with Crippen LogP contribution < -0.4 is 0 Å². The van der Waals surface area contributed by atoms with Crippen LogP contribution in [0.4, 0.5) is 4.39 Å². The molecule has 0 bridgehead atoms. The first-order valence-corrected chi connectivity index (χ1v) is 10.1. The summed E-state index contributed by atoms with van der Waals surface area (Å²) in [4.78, 5) is 25.1. The largest absolute Gasteiger partial charge is 0.453 e. The van der Waals surface area contributed by atoms with Crippen molar-refractivity contribution in [3.8, 4) is 0 Å². The molecule has 0 fully saturated rings. The summed E-state index contributed by atoms with van der Waals surface area (Å²) in [6.07, 6.45) is 1.29. The molecule has 6 nitrogen and oxygen atoms in total. The molecule has 0 aliphatic rings. The summed E-state index contributed by atoms with van der Waals surface area (Å²) < 4.78 is 24.0. The summed E-state index contributed by atoms with van der Waals surface area (Å²) in [5.74, 6) is -1.09. The summed E-state index contributed by atoms with van der Waals surface area (Å²) >= 11 is 0.970. The van der Waals surface area contributed by atoms with Crippen LogP contribution in [0.3, 0.4) is 0 Å². The molecule has 0 aliphatic heterocycles. The zero-order valence-electron chi connectivity index (χ0n) is 16.6. The second-order valence-corrected chi connectivity index (χ2v) is 7.47. The van der Waals surface area contributed by atoms with Crippen LogP contribution in [0.1, 0.15) is 49.6 Å². The Bertz CT molecular complexity index is 1020. The smallest absolute Gasteiger partial charge is 0.352 e. The Morgan fingerprint density at radius 2 is 1.93 bits per heavy atom. The third-order valence-corrected chi connectivity index (χ3v) is 5.57. The highest BCUT2D eigenvalue weighted by Crippen LogP contribution is 2.18. The van der Waals surface area contributed by atoms with Gasteiger partial charge in [-0.1, -0.05) is 23.5 Å². The Hall–Kier alpha value is -2.87. The normalized spacial score (nSPS) is 10.9. The summed E-state index contributed by atoms with van der Waals surface area (Å²) in [7, 11) is 0. The number of aryl methyl sites for hydroxylation is 3. The molecule has 8 heteroatoms. The zero-order chi connectivity index (χ0) is 21.0. The van der Waals surface area contributed by atoms with E-state index in [9.17, 15) is 14.0 Å². The van der Waals surface area contributed by atoms with E-state index < -0.39 is 5.97 Å². The van der Waals surface area contributed by atoms with Gasteiger partial charge in [0.25, 0.3) is 0 Å². The number of esters is 1. The summed E-state index contributed by atoms with van der Waals surface area (Å²) in [6, 6.07) is 8.21. The van der Waals surface area contributed by atoms with Gasteiger partial charge in [-0.15, -0.1) is 5.10 Å². The lowest BCUT2D eigenvalue weighted by Gasteiger charge is -2.10. The van der Waals surface area contributed by atoms with Crippen LogP contribution in [-0.2, 0) is 24.1 Å². The first kappa shape index (κ1) is 20.9. The minimum Gasteiger partial charge on any atom is -0.453 e. The van der Waals surface area contributed by atoms with Crippen molar-refractivity contribution in [2.24, 2.45) is 0 Å². The third-order valence-electron chi connectivity index (χ3n) is 4.82. The lowest BCUT2D eigenvalue weighted by atomic mass is 10.1. The van der Waals surface area contributed by atoms with Crippen molar-refractivity contribution in [3.63, 3.8) is 0 Å². The van der Waals surface area contributed by atoms with E-state index in [4.69, 9.17) is 4.74 Å². The van der Waals surface area contributed by atoms with Crippen LogP contribution in [-0.4, -0.2) is 32.5 Å². The molecule has 3 rings (SSSR count). The van der Waals surface area contributed by atoms with Crippen LogP contribution in [0, 0.1) is 19.7 Å². The average molecular weight is 415 g/mol. The van der Waals surface area contributed by atoms with Crippen molar-refractivity contribution in [1.82, 2.24) is 14.2 Å². The fourth-order valence-corrected chi connectivity index (χ4v) is 3.83. The fourth-order valence-electron chi connectivity index (χ4n) is 3.19. The third kappa shape index (κ3) is 4.76. The van der Waals surface area contributed by atoms with E-state index >= 15 is 0 Å². The number of ether oxygens (including phenoxy) is 1. The Morgan fingerprint density at radius 3 is 2.62 bits per heavy atom. The van der Waals surface area contributed by atoms with Crippen LogP contribution in [0.2, 0.25) is 0 Å². The number of hydrogen-bond acceptors (Lipinski definition) is 6. The van der Waals surface area contributed by atoms with Crippen LogP contribution in [0.25, 0.3) is 0 Å². The molecule has 2 heterocycles. The van der Waals surface area contributed by atoms with Gasteiger partial charge in [-0.3, -0.25) is 4.79 Å². The summed E-state index contributed by atoms with van der Waals surface area (Å²) in [5, 5.41) is 3.88. The van der Waals surface area contributed by atoms with Crippen molar-refractivity contribution in [1.29, 1.82) is 0 Å². The molecule has 0 atom stereocenters. The minimum atomic E-state index is -0.574. The van der Waals surface area contributed by atoms with E-state index in [1.165, 1.54) is 12.1 Å². The molecule has 29 heavy (non-hydrogen) atoms. The van der Waals surface area contributed by atoms with Gasteiger partial charge in [-0.05, 0) is 62.0 Å². The Labute approximate surface area is 172 Å². The van der Waals surface area contributed by atoms with Crippen molar-refractivity contribution in [2.45, 2.75) is 40.2 Å². The van der Waals surface area contributed by atoms with Gasteiger partial charge in [-0.25, -0.2) is 9.18 Å². The SMILES string of the molecule is CCc1nnsc1C(=O)OCC(=O)c1cc(C)n(CCc2ccc(F)cc2)c1C. The van der Waals surface area contributed by atoms with E-state index in [0.29, 0.717) is 29.1 Å². The number of hydrogen-bond donors (Lipinski definition) is 0. The predicted molar refractivity (Wildman–Crippen MR) is 108 cm³/mol. The lowest BCUT2D eigenvalue weighted by Crippen LogP contribution is -2.15. The maximum Gasteiger partial charge on any atom is 0.352 e. The van der Waals surface area contributed by atoms with E-state index in [1.54, 1.807) is 12.1 Å². The first-order valence-electron chi connectivity index (χ1n) is 9.33. The molecule has 0 radical (unpaired) electrons. The van der Waals surface area contributed by atoms with Gasteiger partial charge in [0.2, 0.25) is 5.78 Å². The Kier molecular flexibility index (Phi) is 6.53. The predicted octanol–water partition coefficient (Wildman–Crippen LogP) is 3.94. The number of halogens is 1. The number of benzene rings is 1. The average Bonchev–Trinajstić information content (AvgIpc) is 3.30. The Morgan fingerprint density at radius 1 is 1.21 bits per heavy atom. The van der Waals surface area contributed by atoms with Crippen LogP contribution in [0.5, 0.6) is 0 Å². The van der Waals surface area contributed by atoms with Gasteiger partial charge in [0.15, 0.2) is 11.5 Å². The standard InChI is InChI=1S/C21H22FN3O3S/c1-4-18-20(29-24-23-18)21(27)28-12-19(26)17-11-13(2)25(14(17)3)10-9-15-5-7-16(22)8-6-15/h5-8,11H,4,9-10,12H2,1-3H3. The molecule has 1 aromatic carbocycles. The number of carbonyl (C=O) groups is 2. The van der Waals surface area contributed by atoms with Crippen molar-refractivity contribution < 1.29 is 18.7 Å². The topological polar surface area (TPSA) is 74.1 Å². The molecule has 2 aromatic heterocycles. The van der Waals surface area contributed by atoms with E-state index in [0.717, 1.165) is 34.9 Å². The van der Waals surface area contributed by atoms with Gasteiger partial charge < -0.3 is 9.30 Å². The molecule has 3 aromatic rings. The highest BCUT2D eigenvalue weighted by atomic mass is 32.1. The monoisotopic (exact) mass is 415 g/mol. The number of aromatic nitrogens is 3. The molecule has 0 spiro atoms. The first-order chi connectivity index (χ1) is 13.9. The second kappa shape index (κ2) is 9.09. The molecular weight excluding hydrogens is 393 g/mol. The molecule has 0 saturated heterocycles. The maximum absolute atomic E-state index is 13.0. The molecule has 0 N–H and O–H groups in total. The highest BCUT2D eigenvalue weighted by Gasteiger charge is 2.20. The second-order valence-electron chi connectivity index (χ2n) is 6.71. The Balaban J connectivity index is 1.64. The number of rotatable bonds is 8. The zero-order valence-corrected chi connectivity index (χ0v) is 17.4. The highest BCUT2D eigenvalue weighted by molar-refractivity contribution is 7.07. The molecule has 0 saturated carbocycles. The number of nitrogens with zero attached hydrogens (tertiary/aromatic N) is 3. The van der Waals surface area contributed by atoms with E-state index in [1.807, 2.05) is 31.4 Å². The lowest BCUT2D eigenvalue weighted by molar-refractivity contribution is 0.0478. The van der Waals surface area contributed by atoms with Gasteiger partial charge in [0.05, 0.1) is 5.69 Å². The van der Waals surface area contributed by atoms with E-state index in [2.05, 4.69) is 9.59 Å². The van der Waals surface area contributed by atoms with Gasteiger partial charge in [-0.2, -0.15) is 0 Å². The van der Waals surface area contributed by atoms with Crippen LogP contribution in [0.15, 0.2) is 30.3 Å². The quantitative estimate of drug-likeness (QED) is 0.412. The molecule has 0 amide bonds.